The Morgan fingerprint density at radius 2 is 1.57 bits per heavy atom. The minimum Gasteiger partial charge on any atom is -0.478 e. The predicted molar refractivity (Wildman–Crippen MR) is 86.7 cm³/mol. The molecular formula is C17H30NO3+. The van der Waals surface area contributed by atoms with Crippen LogP contribution in [0.15, 0.2) is 24.3 Å². The highest BCUT2D eigenvalue weighted by atomic mass is 16.4. The van der Waals surface area contributed by atoms with Gasteiger partial charge in [0.2, 0.25) is 0 Å². The monoisotopic (exact) mass is 296 g/mol. The van der Waals surface area contributed by atoms with Crippen LogP contribution >= 0.6 is 0 Å². The highest BCUT2D eigenvalue weighted by Crippen LogP contribution is 2.21. The zero-order valence-corrected chi connectivity index (χ0v) is 14.3. The number of aromatic carboxylic acids is 1. The molecule has 0 saturated carbocycles. The lowest BCUT2D eigenvalue weighted by Gasteiger charge is -2.24. The lowest BCUT2D eigenvalue weighted by Crippen LogP contribution is -2.40. The molecule has 0 saturated heterocycles. The molecular weight excluding hydrogens is 266 g/mol. The highest BCUT2D eigenvalue weighted by molar-refractivity contribution is 5.87. The number of carbonyl (C=O) groups is 1. The maximum atomic E-state index is 10.6. The molecule has 0 fully saturated rings. The molecule has 4 nitrogen and oxygen atoms in total. The van der Waals surface area contributed by atoms with Gasteiger partial charge in [-0.05, 0) is 30.0 Å². The molecule has 0 aliphatic rings. The van der Waals surface area contributed by atoms with Gasteiger partial charge in [0.05, 0.1) is 26.7 Å². The molecule has 2 N–H and O–H groups in total. The molecule has 4 heteroatoms. The molecule has 0 aromatic heterocycles. The second-order valence-electron chi connectivity index (χ2n) is 7.45. The fourth-order valence-electron chi connectivity index (χ4n) is 1.91. The summed E-state index contributed by atoms with van der Waals surface area (Å²) in [4.78, 5) is 10.6. The number of hydrogen-bond acceptors (Lipinski definition) is 2. The number of carboxylic acid groups (broad SMARTS) is 1. The quantitative estimate of drug-likeness (QED) is 0.843. The van der Waals surface area contributed by atoms with Gasteiger partial charge in [-0.15, -0.1) is 0 Å². The van der Waals surface area contributed by atoms with Crippen LogP contribution in [0.1, 0.15) is 43.6 Å². The number of hydrogen-bond donors (Lipinski definition) is 2. The molecule has 1 unspecified atom stereocenters. The summed E-state index contributed by atoms with van der Waals surface area (Å²) >= 11 is 0. The summed E-state index contributed by atoms with van der Waals surface area (Å²) in [6.45, 7) is 8.93. The van der Waals surface area contributed by atoms with Crippen molar-refractivity contribution in [1.82, 2.24) is 0 Å². The fraction of sp³-hybridized carbons (Fsp3) is 0.588. The average Bonchev–Trinajstić information content (AvgIpc) is 2.25. The van der Waals surface area contributed by atoms with Crippen molar-refractivity contribution in [1.29, 1.82) is 0 Å². The summed E-state index contributed by atoms with van der Waals surface area (Å²) in [6.07, 6.45) is -0.185. The first-order chi connectivity index (χ1) is 9.33. The van der Waals surface area contributed by atoms with Gasteiger partial charge in [0.25, 0.3) is 0 Å². The predicted octanol–water partition coefficient (Wildman–Crippen LogP) is 2.76. The summed E-state index contributed by atoms with van der Waals surface area (Å²) < 4.78 is 0.831. The number of quaternary nitrogens is 1. The molecule has 1 aromatic carbocycles. The Labute approximate surface area is 128 Å². The third-order valence-corrected chi connectivity index (χ3v) is 2.81. The van der Waals surface area contributed by atoms with Gasteiger partial charge in [-0.2, -0.15) is 0 Å². The molecule has 0 amide bonds. The second-order valence-corrected chi connectivity index (χ2v) is 7.45. The van der Waals surface area contributed by atoms with E-state index >= 15 is 0 Å². The van der Waals surface area contributed by atoms with Gasteiger partial charge in [0.15, 0.2) is 0 Å². The van der Waals surface area contributed by atoms with Gasteiger partial charge in [-0.3, -0.25) is 0 Å². The number of benzene rings is 1. The van der Waals surface area contributed by atoms with E-state index in [-0.39, 0.29) is 11.5 Å². The molecule has 0 spiro atoms. The van der Waals surface area contributed by atoms with Crippen molar-refractivity contribution in [3.63, 3.8) is 0 Å². The highest BCUT2D eigenvalue weighted by Gasteiger charge is 2.13. The van der Waals surface area contributed by atoms with Crippen LogP contribution in [-0.4, -0.2) is 54.5 Å². The number of nitrogens with zero attached hydrogens (tertiary/aromatic N) is 1. The molecule has 21 heavy (non-hydrogen) atoms. The van der Waals surface area contributed by atoms with E-state index in [0.29, 0.717) is 5.56 Å². The van der Waals surface area contributed by atoms with Crippen LogP contribution < -0.4 is 0 Å². The van der Waals surface area contributed by atoms with Crippen LogP contribution in [0.4, 0.5) is 0 Å². The zero-order valence-electron chi connectivity index (χ0n) is 14.3. The van der Waals surface area contributed by atoms with Crippen LogP contribution in [0.25, 0.3) is 0 Å². The summed E-state index contributed by atoms with van der Waals surface area (Å²) in [7, 11) is 6.19. The summed E-state index contributed by atoms with van der Waals surface area (Å²) in [5, 5.41) is 17.6. The van der Waals surface area contributed by atoms with Crippen molar-refractivity contribution in [2.75, 3.05) is 27.7 Å². The van der Waals surface area contributed by atoms with Gasteiger partial charge < -0.3 is 14.7 Å². The molecule has 0 bridgehead atoms. The third kappa shape index (κ3) is 9.21. The van der Waals surface area contributed by atoms with Gasteiger partial charge in [0.1, 0.15) is 12.6 Å². The molecule has 1 rings (SSSR count). The third-order valence-electron chi connectivity index (χ3n) is 2.81. The van der Waals surface area contributed by atoms with Crippen LogP contribution in [0, 0.1) is 0 Å². The Morgan fingerprint density at radius 3 is 1.76 bits per heavy atom. The minimum absolute atomic E-state index is 0.0804. The Hall–Kier alpha value is -1.39. The van der Waals surface area contributed by atoms with Gasteiger partial charge >= 0.3 is 5.97 Å². The Morgan fingerprint density at radius 1 is 1.14 bits per heavy atom. The Bertz CT molecular complexity index is 437. The second kappa shape index (κ2) is 7.57. The van der Waals surface area contributed by atoms with Crippen LogP contribution in [-0.2, 0) is 5.41 Å². The molecule has 0 heterocycles. The van der Waals surface area contributed by atoms with Crippen molar-refractivity contribution in [2.45, 2.75) is 39.2 Å². The smallest absolute Gasteiger partial charge is 0.335 e. The maximum absolute atomic E-state index is 10.6. The number of carboxylic acids is 1. The van der Waals surface area contributed by atoms with E-state index in [1.165, 1.54) is 0 Å². The summed E-state index contributed by atoms with van der Waals surface area (Å²) in [5.74, 6) is -0.875. The minimum atomic E-state index is -0.875. The van der Waals surface area contributed by atoms with E-state index in [4.69, 9.17) is 10.2 Å². The van der Waals surface area contributed by atoms with Crippen molar-refractivity contribution in [3.8, 4) is 0 Å². The molecule has 0 aliphatic heterocycles. The van der Waals surface area contributed by atoms with Crippen molar-refractivity contribution < 1.29 is 19.5 Å². The van der Waals surface area contributed by atoms with E-state index in [9.17, 15) is 4.79 Å². The standard InChI is InChI=1S/C11H14O2.C6H16NO/c1-11(2,3)9-6-4-8(5-7-9)10(12)13;1-6(8)5-7(2,3)4/h4-7H,1-3H3,(H,12,13);6,8H,5H2,1-4H3/q;+1. The van der Waals surface area contributed by atoms with Gasteiger partial charge in [0, 0.05) is 0 Å². The number of aliphatic hydroxyl groups excluding tert-OH is 1. The first-order valence-electron chi connectivity index (χ1n) is 7.15. The molecule has 0 radical (unpaired) electrons. The topological polar surface area (TPSA) is 57.5 Å². The van der Waals surface area contributed by atoms with Crippen molar-refractivity contribution in [3.05, 3.63) is 35.4 Å². The van der Waals surface area contributed by atoms with Gasteiger partial charge in [-0.25, -0.2) is 4.79 Å². The largest absolute Gasteiger partial charge is 0.478 e. The van der Waals surface area contributed by atoms with E-state index in [0.717, 1.165) is 16.6 Å². The van der Waals surface area contributed by atoms with Gasteiger partial charge in [-0.1, -0.05) is 32.9 Å². The first kappa shape index (κ1) is 19.6. The zero-order chi connectivity index (χ0) is 16.8. The molecule has 1 atom stereocenters. The lowest BCUT2D eigenvalue weighted by molar-refractivity contribution is -0.873. The SMILES string of the molecule is CC(C)(C)c1ccc(C(=O)O)cc1.CC(O)C[N+](C)(C)C. The van der Waals surface area contributed by atoms with E-state index in [1.54, 1.807) is 12.1 Å². The van der Waals surface area contributed by atoms with E-state index in [1.807, 2.05) is 19.1 Å². The molecule has 1 aromatic rings. The Kier molecular flexibility index (Phi) is 7.07. The van der Waals surface area contributed by atoms with Crippen molar-refractivity contribution >= 4 is 5.97 Å². The van der Waals surface area contributed by atoms with Crippen LogP contribution in [0.3, 0.4) is 0 Å². The first-order valence-corrected chi connectivity index (χ1v) is 7.15. The number of aliphatic hydroxyl groups is 1. The molecule has 120 valence electrons. The number of likely N-dealkylation sites (N-methyl/N-ethyl adjacent to an activating group) is 1. The normalized spacial score (nSPS) is 13.1. The number of rotatable bonds is 3. The lowest BCUT2D eigenvalue weighted by atomic mass is 9.87. The average molecular weight is 296 g/mol. The summed E-state index contributed by atoms with van der Waals surface area (Å²) in [6, 6.07) is 7.01. The van der Waals surface area contributed by atoms with Crippen LogP contribution in [0.2, 0.25) is 0 Å². The Balaban J connectivity index is 0.000000433. The maximum Gasteiger partial charge on any atom is 0.335 e. The molecule has 0 aliphatic carbocycles. The van der Waals surface area contributed by atoms with E-state index in [2.05, 4.69) is 41.9 Å². The van der Waals surface area contributed by atoms with E-state index < -0.39 is 5.97 Å². The van der Waals surface area contributed by atoms with Crippen LogP contribution in [0.5, 0.6) is 0 Å². The summed E-state index contributed by atoms with van der Waals surface area (Å²) in [5.41, 5.74) is 1.57. The van der Waals surface area contributed by atoms with Crippen molar-refractivity contribution in [2.24, 2.45) is 0 Å². The fourth-order valence-corrected chi connectivity index (χ4v) is 1.91.